The zero-order valence-electron chi connectivity index (χ0n) is 26.6. The normalized spacial score (nSPS) is 20.2. The predicted molar refractivity (Wildman–Crippen MR) is 175 cm³/mol. The number of ether oxygens (including phenoxy) is 2. The average Bonchev–Trinajstić information content (AvgIpc) is 3.06. The fraction of sp³-hybridized carbons (Fsp3) is 0.417. The molecule has 3 amide bonds. The third-order valence-electron chi connectivity index (χ3n) is 8.17. The highest BCUT2D eigenvalue weighted by Crippen LogP contribution is 2.29. The minimum atomic E-state index is -0.509. The molecule has 0 spiro atoms. The van der Waals surface area contributed by atoms with Crippen LogP contribution in [0.5, 0.6) is 5.75 Å². The van der Waals surface area contributed by atoms with E-state index in [-0.39, 0.29) is 49.0 Å². The number of anilines is 1. The van der Waals surface area contributed by atoms with Gasteiger partial charge in [-0.1, -0.05) is 43.3 Å². The van der Waals surface area contributed by atoms with Crippen LogP contribution in [0.15, 0.2) is 78.9 Å². The van der Waals surface area contributed by atoms with Gasteiger partial charge < -0.3 is 29.7 Å². The lowest BCUT2D eigenvalue weighted by Crippen LogP contribution is -2.48. The second-order valence-electron chi connectivity index (χ2n) is 11.9. The summed E-state index contributed by atoms with van der Waals surface area (Å²) in [7, 11) is 1.76. The van der Waals surface area contributed by atoms with Crippen molar-refractivity contribution in [1.82, 2.24) is 9.80 Å². The summed E-state index contributed by atoms with van der Waals surface area (Å²) in [5.41, 5.74) is 1.85. The molecule has 0 radical (unpaired) electrons. The standard InChI is InChI=1S/C36H45N3O6/c1-25-22-39(26(2)24-40)36(43)31-21-30(37-34(41)28-14-7-5-8-15-28)18-19-32(31)45-27(3)13-11-12-20-44-33(25)23-38(4)35(42)29-16-9-6-10-17-29/h5-10,14-19,21,25-27,33,40H,11-13,20,22-24H2,1-4H3,(H,37,41)/t25-,26+,27+,33+/m0/s1. The van der Waals surface area contributed by atoms with E-state index in [4.69, 9.17) is 9.47 Å². The number of nitrogens with zero attached hydrogens (tertiary/aromatic N) is 2. The molecule has 9 heteroatoms. The number of aliphatic hydroxyl groups is 1. The molecule has 0 bridgehead atoms. The van der Waals surface area contributed by atoms with Crippen molar-refractivity contribution in [3.8, 4) is 5.75 Å². The van der Waals surface area contributed by atoms with E-state index >= 15 is 0 Å². The van der Waals surface area contributed by atoms with Crippen molar-refractivity contribution >= 4 is 23.4 Å². The Morgan fingerprint density at radius 2 is 1.67 bits per heavy atom. The molecule has 1 heterocycles. The van der Waals surface area contributed by atoms with E-state index in [0.717, 1.165) is 19.3 Å². The van der Waals surface area contributed by atoms with Gasteiger partial charge in [0.25, 0.3) is 17.7 Å². The van der Waals surface area contributed by atoms with Gasteiger partial charge in [-0.15, -0.1) is 0 Å². The molecule has 1 aliphatic heterocycles. The van der Waals surface area contributed by atoms with Gasteiger partial charge in [-0.05, 0) is 75.6 Å². The number of carbonyl (C=O) groups is 3. The third kappa shape index (κ3) is 9.15. The SMILES string of the molecule is C[C@@H]1CCCCO[C@H](CN(C)C(=O)c2ccccc2)[C@@H](C)CN([C@H](C)CO)C(=O)c2cc(NC(=O)c3ccccc3)ccc2O1. The van der Waals surface area contributed by atoms with Crippen molar-refractivity contribution < 1.29 is 29.0 Å². The topological polar surface area (TPSA) is 108 Å². The molecule has 0 saturated carbocycles. The summed E-state index contributed by atoms with van der Waals surface area (Å²) in [5, 5.41) is 13.1. The Balaban J connectivity index is 1.63. The van der Waals surface area contributed by atoms with Gasteiger partial charge in [-0.3, -0.25) is 14.4 Å². The summed E-state index contributed by atoms with van der Waals surface area (Å²) in [5.74, 6) is -0.479. The highest BCUT2D eigenvalue weighted by molar-refractivity contribution is 6.05. The number of rotatable bonds is 7. The lowest BCUT2D eigenvalue weighted by atomic mass is 10.0. The molecular formula is C36H45N3O6. The van der Waals surface area contributed by atoms with Crippen molar-refractivity contribution in [3.05, 3.63) is 95.6 Å². The summed E-state index contributed by atoms with van der Waals surface area (Å²) in [6, 6.07) is 22.6. The molecule has 4 rings (SSSR count). The van der Waals surface area contributed by atoms with Gasteiger partial charge in [-0.25, -0.2) is 0 Å². The van der Waals surface area contributed by atoms with Crippen molar-refractivity contribution in [3.63, 3.8) is 0 Å². The summed E-state index contributed by atoms with van der Waals surface area (Å²) >= 11 is 0. The van der Waals surface area contributed by atoms with Crippen LogP contribution in [0.25, 0.3) is 0 Å². The van der Waals surface area contributed by atoms with Gasteiger partial charge in [0, 0.05) is 49.5 Å². The number of nitrogens with one attached hydrogen (secondary N) is 1. The fourth-order valence-corrected chi connectivity index (χ4v) is 5.41. The first kappa shape index (κ1) is 33.7. The number of likely N-dealkylation sites (N-methyl/N-ethyl adjacent to an activating group) is 1. The van der Waals surface area contributed by atoms with Crippen molar-refractivity contribution in [2.24, 2.45) is 5.92 Å². The Morgan fingerprint density at radius 1 is 1.00 bits per heavy atom. The Labute approximate surface area is 266 Å². The number of fused-ring (bicyclic) bond motifs is 1. The lowest BCUT2D eigenvalue weighted by molar-refractivity contribution is -0.0149. The quantitative estimate of drug-likeness (QED) is 0.363. The fourth-order valence-electron chi connectivity index (χ4n) is 5.41. The first-order valence-corrected chi connectivity index (χ1v) is 15.7. The van der Waals surface area contributed by atoms with Crippen LogP contribution in [0.1, 0.15) is 71.1 Å². The maximum Gasteiger partial charge on any atom is 0.258 e. The molecule has 4 atom stereocenters. The summed E-state index contributed by atoms with van der Waals surface area (Å²) in [6.45, 7) is 6.64. The van der Waals surface area contributed by atoms with Crippen LogP contribution >= 0.6 is 0 Å². The van der Waals surface area contributed by atoms with Gasteiger partial charge in [0.05, 0.1) is 30.4 Å². The first-order chi connectivity index (χ1) is 21.7. The van der Waals surface area contributed by atoms with E-state index in [1.807, 2.05) is 38.1 Å². The zero-order chi connectivity index (χ0) is 32.3. The zero-order valence-corrected chi connectivity index (χ0v) is 26.6. The highest BCUT2D eigenvalue weighted by Gasteiger charge is 2.31. The third-order valence-corrected chi connectivity index (χ3v) is 8.17. The van der Waals surface area contributed by atoms with Crippen LogP contribution in [0.2, 0.25) is 0 Å². The molecule has 0 aliphatic carbocycles. The van der Waals surface area contributed by atoms with Gasteiger partial charge in [-0.2, -0.15) is 0 Å². The van der Waals surface area contributed by atoms with E-state index < -0.39 is 6.04 Å². The van der Waals surface area contributed by atoms with Crippen molar-refractivity contribution in [2.45, 2.75) is 58.3 Å². The number of carbonyl (C=O) groups excluding carboxylic acids is 3. The molecule has 9 nitrogen and oxygen atoms in total. The first-order valence-electron chi connectivity index (χ1n) is 15.7. The van der Waals surface area contributed by atoms with E-state index in [2.05, 4.69) is 5.32 Å². The Bertz CT molecular complexity index is 1420. The van der Waals surface area contributed by atoms with Crippen molar-refractivity contribution in [1.29, 1.82) is 0 Å². The van der Waals surface area contributed by atoms with Crippen LogP contribution in [-0.4, -0.2) is 84.2 Å². The maximum absolute atomic E-state index is 14.3. The average molecular weight is 616 g/mol. The summed E-state index contributed by atoms with van der Waals surface area (Å²) in [4.78, 5) is 43.7. The largest absolute Gasteiger partial charge is 0.490 e. The molecule has 3 aromatic rings. The van der Waals surface area contributed by atoms with Crippen molar-refractivity contribution in [2.75, 3.05) is 38.7 Å². The molecule has 45 heavy (non-hydrogen) atoms. The van der Waals surface area contributed by atoms with E-state index in [1.54, 1.807) is 78.4 Å². The molecule has 0 saturated heterocycles. The van der Waals surface area contributed by atoms with Gasteiger partial charge in [0.15, 0.2) is 0 Å². The van der Waals surface area contributed by atoms with E-state index in [1.165, 1.54) is 0 Å². The molecule has 0 fully saturated rings. The van der Waals surface area contributed by atoms with E-state index in [9.17, 15) is 19.5 Å². The Morgan fingerprint density at radius 3 is 2.33 bits per heavy atom. The van der Waals surface area contributed by atoms with Gasteiger partial charge in [0.1, 0.15) is 5.75 Å². The number of hydrogen-bond donors (Lipinski definition) is 2. The second kappa shape index (κ2) is 16.2. The molecule has 2 N–H and O–H groups in total. The Hall–Kier alpha value is -4.21. The molecule has 3 aromatic carbocycles. The Kier molecular flexibility index (Phi) is 12.1. The summed E-state index contributed by atoms with van der Waals surface area (Å²) < 4.78 is 12.7. The van der Waals surface area contributed by atoms with Crippen LogP contribution < -0.4 is 10.1 Å². The minimum Gasteiger partial charge on any atom is -0.490 e. The maximum atomic E-state index is 14.3. The molecule has 1 aliphatic rings. The van der Waals surface area contributed by atoms with Crippen LogP contribution in [0, 0.1) is 5.92 Å². The minimum absolute atomic E-state index is 0.104. The van der Waals surface area contributed by atoms with E-state index in [0.29, 0.717) is 41.3 Å². The van der Waals surface area contributed by atoms with Crippen LogP contribution in [0.4, 0.5) is 5.69 Å². The number of hydrogen-bond acceptors (Lipinski definition) is 6. The highest BCUT2D eigenvalue weighted by atomic mass is 16.5. The summed E-state index contributed by atoms with van der Waals surface area (Å²) in [6.07, 6.45) is 1.92. The second-order valence-corrected chi connectivity index (χ2v) is 11.9. The number of amides is 3. The molecule has 0 aromatic heterocycles. The lowest BCUT2D eigenvalue weighted by Gasteiger charge is -2.36. The van der Waals surface area contributed by atoms with Gasteiger partial charge in [0.2, 0.25) is 0 Å². The number of benzene rings is 3. The molecular weight excluding hydrogens is 570 g/mol. The predicted octanol–water partition coefficient (Wildman–Crippen LogP) is 5.51. The van der Waals surface area contributed by atoms with Crippen LogP contribution in [-0.2, 0) is 4.74 Å². The smallest absolute Gasteiger partial charge is 0.258 e. The monoisotopic (exact) mass is 615 g/mol. The van der Waals surface area contributed by atoms with Crippen LogP contribution in [0.3, 0.4) is 0 Å². The number of aliphatic hydroxyl groups excluding tert-OH is 1. The molecule has 0 unspecified atom stereocenters. The van der Waals surface area contributed by atoms with Gasteiger partial charge >= 0.3 is 0 Å². The molecule has 240 valence electrons.